The average Bonchev–Trinajstić information content (AvgIpc) is 2.57. The molecule has 0 saturated carbocycles. The number of amides is 1. The third kappa shape index (κ3) is 3.85. The molecule has 6 heteroatoms. The second-order valence-corrected chi connectivity index (χ2v) is 6.24. The Labute approximate surface area is 144 Å². The molecule has 2 aromatic rings. The Morgan fingerprint density at radius 3 is 2.60 bits per heavy atom. The Hall–Kier alpha value is -2.34. The Bertz CT molecular complexity index is 773. The monoisotopic (exact) mass is 348 g/mol. The minimum absolute atomic E-state index is 0.111. The molecular weight excluding hydrogens is 329 g/mol. The number of halogens is 3. The van der Waals surface area contributed by atoms with E-state index in [1.807, 2.05) is 31.3 Å². The Kier molecular flexibility index (Phi) is 4.81. The lowest BCUT2D eigenvalue weighted by atomic mass is 9.91. The lowest BCUT2D eigenvalue weighted by Gasteiger charge is -2.34. The summed E-state index contributed by atoms with van der Waals surface area (Å²) in [5.41, 5.74) is 1.22. The van der Waals surface area contributed by atoms with Gasteiger partial charge in [-0.2, -0.15) is 13.2 Å². The summed E-state index contributed by atoms with van der Waals surface area (Å²) in [6, 6.07) is 12.8. The first-order valence-electron chi connectivity index (χ1n) is 8.10. The maximum atomic E-state index is 13.1. The molecule has 3 nitrogen and oxygen atoms in total. The highest BCUT2D eigenvalue weighted by atomic mass is 19.4. The summed E-state index contributed by atoms with van der Waals surface area (Å²) in [4.78, 5) is 14.5. The molecule has 0 aliphatic carbocycles. The maximum Gasteiger partial charge on any atom is 0.418 e. The van der Waals surface area contributed by atoms with Crippen molar-refractivity contribution in [3.63, 3.8) is 0 Å². The molecule has 25 heavy (non-hydrogen) atoms. The molecule has 1 amide bonds. The van der Waals surface area contributed by atoms with Gasteiger partial charge in [0.15, 0.2) is 0 Å². The second-order valence-electron chi connectivity index (χ2n) is 6.24. The molecule has 132 valence electrons. The number of likely N-dealkylation sites (N-methyl/N-ethyl adjacent to an activating group) is 1. The number of alkyl halides is 3. The molecule has 0 radical (unpaired) electrons. The number of rotatable bonds is 3. The maximum absolute atomic E-state index is 13.1. The number of carbonyl (C=O) groups is 1. The highest BCUT2D eigenvalue weighted by Gasteiger charge is 2.34. The van der Waals surface area contributed by atoms with E-state index in [0.717, 1.165) is 24.6 Å². The molecule has 0 bridgehead atoms. The number of fused-ring (bicyclic) bond motifs is 1. The molecule has 1 N–H and O–H groups in total. The number of nitrogens with zero attached hydrogens (tertiary/aromatic N) is 1. The van der Waals surface area contributed by atoms with Crippen molar-refractivity contribution in [3.8, 4) is 0 Å². The van der Waals surface area contributed by atoms with Crippen molar-refractivity contribution in [2.45, 2.75) is 25.1 Å². The quantitative estimate of drug-likeness (QED) is 0.899. The highest BCUT2D eigenvalue weighted by Crippen LogP contribution is 2.35. The summed E-state index contributed by atoms with van der Waals surface area (Å²) in [7, 11) is 1.93. The standard InChI is InChI=1S/C19H19F3N2O/c1-24-11-10-13-6-2-3-7-14(13)17(24)12-18(25)23-16-9-5-4-8-15(16)19(20,21)22/h2-9,17H,10-12H2,1H3,(H,23,25). The van der Waals surface area contributed by atoms with Crippen LogP contribution >= 0.6 is 0 Å². The summed E-state index contributed by atoms with van der Waals surface area (Å²) in [5.74, 6) is -0.426. The van der Waals surface area contributed by atoms with Crippen molar-refractivity contribution in [3.05, 3.63) is 65.2 Å². The predicted octanol–water partition coefficient (Wildman–Crippen LogP) is 4.26. The van der Waals surface area contributed by atoms with Gasteiger partial charge in [-0.25, -0.2) is 0 Å². The third-order valence-electron chi connectivity index (χ3n) is 4.57. The first-order valence-corrected chi connectivity index (χ1v) is 8.10. The van der Waals surface area contributed by atoms with Gasteiger partial charge >= 0.3 is 6.18 Å². The normalized spacial score (nSPS) is 17.8. The molecule has 1 unspecified atom stereocenters. The Balaban J connectivity index is 1.78. The summed E-state index contributed by atoms with van der Waals surface area (Å²) >= 11 is 0. The summed E-state index contributed by atoms with van der Waals surface area (Å²) in [6.07, 6.45) is -3.49. The molecule has 0 aromatic heterocycles. The molecule has 1 aliphatic rings. The van der Waals surface area contributed by atoms with Crippen LogP contribution in [0, 0.1) is 0 Å². The fourth-order valence-electron chi connectivity index (χ4n) is 3.26. The van der Waals surface area contributed by atoms with Gasteiger partial charge < -0.3 is 5.32 Å². The molecule has 0 saturated heterocycles. The van der Waals surface area contributed by atoms with Gasteiger partial charge in [-0.15, -0.1) is 0 Å². The van der Waals surface area contributed by atoms with E-state index in [2.05, 4.69) is 10.2 Å². The zero-order valence-electron chi connectivity index (χ0n) is 13.8. The van der Waals surface area contributed by atoms with Gasteiger partial charge in [-0.3, -0.25) is 9.69 Å². The van der Waals surface area contributed by atoms with Crippen LogP contribution in [-0.2, 0) is 17.4 Å². The van der Waals surface area contributed by atoms with Gasteiger partial charge in [0.05, 0.1) is 11.3 Å². The van der Waals surface area contributed by atoms with E-state index in [1.165, 1.54) is 23.8 Å². The molecule has 1 atom stereocenters. The number of benzene rings is 2. The van der Waals surface area contributed by atoms with E-state index in [4.69, 9.17) is 0 Å². The molecule has 3 rings (SSSR count). The minimum Gasteiger partial charge on any atom is -0.325 e. The van der Waals surface area contributed by atoms with Gasteiger partial charge in [0.2, 0.25) is 5.91 Å². The van der Waals surface area contributed by atoms with Gasteiger partial charge in [0.1, 0.15) is 0 Å². The van der Waals surface area contributed by atoms with Crippen molar-refractivity contribution in [1.82, 2.24) is 4.90 Å². The lowest BCUT2D eigenvalue weighted by Crippen LogP contribution is -2.34. The third-order valence-corrected chi connectivity index (χ3v) is 4.57. The zero-order valence-corrected chi connectivity index (χ0v) is 13.8. The van der Waals surface area contributed by atoms with Crippen molar-refractivity contribution in [1.29, 1.82) is 0 Å². The van der Waals surface area contributed by atoms with E-state index in [-0.39, 0.29) is 18.2 Å². The van der Waals surface area contributed by atoms with E-state index in [1.54, 1.807) is 0 Å². The van der Waals surface area contributed by atoms with Crippen LogP contribution < -0.4 is 5.32 Å². The van der Waals surface area contributed by atoms with Crippen molar-refractivity contribution < 1.29 is 18.0 Å². The van der Waals surface area contributed by atoms with Crippen LogP contribution in [0.3, 0.4) is 0 Å². The van der Waals surface area contributed by atoms with Crippen molar-refractivity contribution in [2.75, 3.05) is 18.9 Å². The van der Waals surface area contributed by atoms with Gasteiger partial charge in [0, 0.05) is 19.0 Å². The molecule has 0 spiro atoms. The number of anilines is 1. The molecule has 0 fully saturated rings. The van der Waals surface area contributed by atoms with E-state index in [0.29, 0.717) is 0 Å². The van der Waals surface area contributed by atoms with Crippen LogP contribution in [0.25, 0.3) is 0 Å². The lowest BCUT2D eigenvalue weighted by molar-refractivity contribution is -0.137. The SMILES string of the molecule is CN1CCc2ccccc2C1CC(=O)Nc1ccccc1C(F)(F)F. The summed E-state index contributed by atoms with van der Waals surface area (Å²) in [5, 5.41) is 2.43. The first kappa shape index (κ1) is 17.5. The topological polar surface area (TPSA) is 32.3 Å². The van der Waals surface area contributed by atoms with Gasteiger partial charge in [-0.1, -0.05) is 36.4 Å². The fraction of sp³-hybridized carbons (Fsp3) is 0.316. The van der Waals surface area contributed by atoms with Crippen LogP contribution in [-0.4, -0.2) is 24.4 Å². The van der Waals surface area contributed by atoms with Crippen LogP contribution in [0.2, 0.25) is 0 Å². The van der Waals surface area contributed by atoms with Crippen LogP contribution in [0.15, 0.2) is 48.5 Å². The predicted molar refractivity (Wildman–Crippen MR) is 90.2 cm³/mol. The van der Waals surface area contributed by atoms with Crippen LogP contribution in [0.5, 0.6) is 0 Å². The van der Waals surface area contributed by atoms with Gasteiger partial charge in [0.25, 0.3) is 0 Å². The number of hydrogen-bond donors (Lipinski definition) is 1. The Morgan fingerprint density at radius 2 is 1.84 bits per heavy atom. The molecule has 1 heterocycles. The van der Waals surface area contributed by atoms with E-state index < -0.39 is 17.6 Å². The molecule has 1 aliphatic heterocycles. The summed E-state index contributed by atoms with van der Waals surface area (Å²) in [6.45, 7) is 0.814. The smallest absolute Gasteiger partial charge is 0.325 e. The second kappa shape index (κ2) is 6.88. The van der Waals surface area contributed by atoms with Crippen LogP contribution in [0.4, 0.5) is 18.9 Å². The van der Waals surface area contributed by atoms with Gasteiger partial charge in [-0.05, 0) is 36.7 Å². The average molecular weight is 348 g/mol. The number of para-hydroxylation sites is 1. The fourth-order valence-corrected chi connectivity index (χ4v) is 3.26. The molecule has 2 aromatic carbocycles. The largest absolute Gasteiger partial charge is 0.418 e. The van der Waals surface area contributed by atoms with Crippen LogP contribution in [0.1, 0.15) is 29.2 Å². The number of nitrogens with one attached hydrogen (secondary N) is 1. The minimum atomic E-state index is -4.50. The summed E-state index contributed by atoms with van der Waals surface area (Å²) < 4.78 is 39.2. The van der Waals surface area contributed by atoms with E-state index in [9.17, 15) is 18.0 Å². The van der Waals surface area contributed by atoms with E-state index >= 15 is 0 Å². The number of carbonyl (C=O) groups excluding carboxylic acids is 1. The van der Waals surface area contributed by atoms with Crippen molar-refractivity contribution in [2.24, 2.45) is 0 Å². The number of hydrogen-bond acceptors (Lipinski definition) is 2. The Morgan fingerprint density at radius 1 is 1.16 bits per heavy atom. The highest BCUT2D eigenvalue weighted by molar-refractivity contribution is 5.92. The first-order chi connectivity index (χ1) is 11.9. The molecular formula is C19H19F3N2O. The van der Waals surface area contributed by atoms with Crippen molar-refractivity contribution >= 4 is 11.6 Å². The zero-order chi connectivity index (χ0) is 18.0.